The topological polar surface area (TPSA) is 64.4 Å². The Morgan fingerprint density at radius 2 is 2.30 bits per heavy atom. The standard InChI is InChI=1S/C15H18N2O3/c1-2-13-10(7-8-20-13)15-16-11-5-3-4-6-12(11)17(15)9-14(18)19/h3-6,10,13H,2,7-9H2,1H3,(H,18,19). The lowest BCUT2D eigenvalue weighted by atomic mass is 9.98. The molecule has 1 aromatic heterocycles. The molecule has 2 atom stereocenters. The van der Waals surface area contributed by atoms with Gasteiger partial charge < -0.3 is 14.4 Å². The van der Waals surface area contributed by atoms with E-state index in [4.69, 9.17) is 9.84 Å². The van der Waals surface area contributed by atoms with Gasteiger partial charge in [-0.2, -0.15) is 0 Å². The van der Waals surface area contributed by atoms with Crippen molar-refractivity contribution >= 4 is 17.0 Å². The molecular formula is C15H18N2O3. The van der Waals surface area contributed by atoms with Gasteiger partial charge in [0.15, 0.2) is 0 Å². The van der Waals surface area contributed by atoms with Crippen LogP contribution in [0.1, 0.15) is 31.5 Å². The quantitative estimate of drug-likeness (QED) is 0.929. The van der Waals surface area contributed by atoms with Crippen molar-refractivity contribution in [2.75, 3.05) is 6.61 Å². The van der Waals surface area contributed by atoms with Crippen LogP contribution >= 0.6 is 0 Å². The number of aromatic nitrogens is 2. The third kappa shape index (κ3) is 2.18. The van der Waals surface area contributed by atoms with Crippen molar-refractivity contribution in [3.05, 3.63) is 30.1 Å². The minimum atomic E-state index is -0.846. The lowest BCUT2D eigenvalue weighted by Crippen LogP contribution is -2.20. The molecule has 2 heterocycles. The van der Waals surface area contributed by atoms with Gasteiger partial charge in [-0.15, -0.1) is 0 Å². The van der Waals surface area contributed by atoms with E-state index in [1.54, 1.807) is 0 Å². The van der Waals surface area contributed by atoms with E-state index in [0.29, 0.717) is 0 Å². The Morgan fingerprint density at radius 3 is 3.05 bits per heavy atom. The average Bonchev–Trinajstić information content (AvgIpc) is 3.02. The first kappa shape index (κ1) is 13.1. The molecule has 20 heavy (non-hydrogen) atoms. The fraction of sp³-hybridized carbons (Fsp3) is 0.467. The number of hydrogen-bond acceptors (Lipinski definition) is 3. The van der Waals surface area contributed by atoms with Crippen LogP contribution in [0.3, 0.4) is 0 Å². The van der Waals surface area contributed by atoms with E-state index in [1.807, 2.05) is 28.8 Å². The van der Waals surface area contributed by atoms with E-state index in [0.717, 1.165) is 36.3 Å². The maximum Gasteiger partial charge on any atom is 0.323 e. The zero-order valence-electron chi connectivity index (χ0n) is 11.5. The number of ether oxygens (including phenoxy) is 1. The van der Waals surface area contributed by atoms with Crippen LogP contribution < -0.4 is 0 Å². The van der Waals surface area contributed by atoms with Crippen molar-refractivity contribution in [2.24, 2.45) is 0 Å². The highest BCUT2D eigenvalue weighted by atomic mass is 16.5. The molecule has 1 aromatic carbocycles. The molecule has 2 unspecified atom stereocenters. The van der Waals surface area contributed by atoms with Crippen LogP contribution in [0.25, 0.3) is 11.0 Å². The predicted molar refractivity (Wildman–Crippen MR) is 74.8 cm³/mol. The van der Waals surface area contributed by atoms with E-state index in [2.05, 4.69) is 11.9 Å². The van der Waals surface area contributed by atoms with E-state index in [9.17, 15) is 4.79 Å². The summed E-state index contributed by atoms with van der Waals surface area (Å²) in [6.07, 6.45) is 1.96. The maximum atomic E-state index is 11.1. The second-order valence-electron chi connectivity index (χ2n) is 5.15. The number of aliphatic carboxylic acids is 1. The van der Waals surface area contributed by atoms with Crippen molar-refractivity contribution in [1.29, 1.82) is 0 Å². The molecule has 1 aliphatic heterocycles. The summed E-state index contributed by atoms with van der Waals surface area (Å²) in [5.41, 5.74) is 1.73. The fourth-order valence-corrected chi connectivity index (χ4v) is 3.02. The first-order valence-corrected chi connectivity index (χ1v) is 6.99. The molecule has 1 saturated heterocycles. The summed E-state index contributed by atoms with van der Waals surface area (Å²) in [6.45, 7) is 2.76. The van der Waals surface area contributed by atoms with E-state index >= 15 is 0 Å². The maximum absolute atomic E-state index is 11.1. The van der Waals surface area contributed by atoms with Gasteiger partial charge in [-0.3, -0.25) is 4.79 Å². The number of hydrogen-bond donors (Lipinski definition) is 1. The summed E-state index contributed by atoms with van der Waals surface area (Å²) < 4.78 is 7.54. The summed E-state index contributed by atoms with van der Waals surface area (Å²) >= 11 is 0. The SMILES string of the molecule is CCC1OCCC1c1nc2ccccc2n1CC(=O)O. The molecule has 0 amide bonds. The minimum Gasteiger partial charge on any atom is -0.480 e. The molecule has 2 aromatic rings. The highest BCUT2D eigenvalue weighted by Gasteiger charge is 2.32. The van der Waals surface area contributed by atoms with Crippen LogP contribution in [0.4, 0.5) is 0 Å². The van der Waals surface area contributed by atoms with Crippen LogP contribution in [-0.2, 0) is 16.1 Å². The molecule has 3 rings (SSSR count). The number of carbonyl (C=O) groups is 1. The Kier molecular flexibility index (Phi) is 3.44. The summed E-state index contributed by atoms with van der Waals surface area (Å²) in [5, 5.41) is 9.16. The third-order valence-electron chi connectivity index (χ3n) is 3.92. The van der Waals surface area contributed by atoms with Gasteiger partial charge in [0, 0.05) is 12.5 Å². The van der Waals surface area contributed by atoms with Crippen LogP contribution in [0, 0.1) is 0 Å². The fourth-order valence-electron chi connectivity index (χ4n) is 3.02. The Labute approximate surface area is 117 Å². The van der Waals surface area contributed by atoms with Crippen LogP contribution in [0.2, 0.25) is 0 Å². The highest BCUT2D eigenvalue weighted by molar-refractivity contribution is 5.78. The van der Waals surface area contributed by atoms with Crippen LogP contribution in [0.5, 0.6) is 0 Å². The molecule has 0 aliphatic carbocycles. The van der Waals surface area contributed by atoms with Gasteiger partial charge in [0.2, 0.25) is 0 Å². The molecule has 0 saturated carbocycles. The van der Waals surface area contributed by atoms with Crippen molar-refractivity contribution < 1.29 is 14.6 Å². The second-order valence-corrected chi connectivity index (χ2v) is 5.15. The van der Waals surface area contributed by atoms with Gasteiger partial charge in [0.1, 0.15) is 12.4 Å². The first-order valence-electron chi connectivity index (χ1n) is 6.99. The van der Waals surface area contributed by atoms with Crippen LogP contribution in [0.15, 0.2) is 24.3 Å². The van der Waals surface area contributed by atoms with Gasteiger partial charge in [0.05, 0.1) is 17.1 Å². The van der Waals surface area contributed by atoms with E-state index in [1.165, 1.54) is 0 Å². The molecule has 1 N–H and O–H groups in total. The molecule has 1 aliphatic rings. The number of rotatable bonds is 4. The molecule has 0 bridgehead atoms. The summed E-state index contributed by atoms with van der Waals surface area (Å²) in [6, 6.07) is 7.68. The lowest BCUT2D eigenvalue weighted by Gasteiger charge is -2.17. The number of benzene rings is 1. The summed E-state index contributed by atoms with van der Waals surface area (Å²) in [7, 11) is 0. The number of carboxylic acid groups (broad SMARTS) is 1. The van der Waals surface area contributed by atoms with Gasteiger partial charge in [-0.05, 0) is 25.0 Å². The van der Waals surface area contributed by atoms with Crippen molar-refractivity contribution in [2.45, 2.75) is 38.3 Å². The third-order valence-corrected chi connectivity index (χ3v) is 3.92. The van der Waals surface area contributed by atoms with Crippen molar-refractivity contribution in [1.82, 2.24) is 9.55 Å². The normalized spacial score (nSPS) is 22.4. The number of fused-ring (bicyclic) bond motifs is 1. The Bertz CT molecular complexity index is 635. The highest BCUT2D eigenvalue weighted by Crippen LogP contribution is 2.34. The van der Waals surface area contributed by atoms with Gasteiger partial charge in [-0.25, -0.2) is 4.98 Å². The lowest BCUT2D eigenvalue weighted by molar-refractivity contribution is -0.137. The molecule has 106 valence electrons. The molecular weight excluding hydrogens is 256 g/mol. The minimum absolute atomic E-state index is 0.0528. The summed E-state index contributed by atoms with van der Waals surface area (Å²) in [4.78, 5) is 15.8. The second kappa shape index (κ2) is 5.25. The average molecular weight is 274 g/mol. The zero-order chi connectivity index (χ0) is 14.1. The van der Waals surface area contributed by atoms with Crippen LogP contribution in [-0.4, -0.2) is 33.3 Å². The first-order chi connectivity index (χ1) is 9.70. The van der Waals surface area contributed by atoms with Gasteiger partial charge in [-0.1, -0.05) is 19.1 Å². The van der Waals surface area contributed by atoms with Gasteiger partial charge in [0.25, 0.3) is 0 Å². The molecule has 5 nitrogen and oxygen atoms in total. The van der Waals surface area contributed by atoms with E-state index in [-0.39, 0.29) is 18.6 Å². The van der Waals surface area contributed by atoms with Crippen molar-refractivity contribution in [3.63, 3.8) is 0 Å². The zero-order valence-corrected chi connectivity index (χ0v) is 11.5. The molecule has 5 heteroatoms. The predicted octanol–water partition coefficient (Wildman–Crippen LogP) is 2.40. The van der Waals surface area contributed by atoms with Crippen molar-refractivity contribution in [3.8, 4) is 0 Å². The number of carboxylic acids is 1. The van der Waals surface area contributed by atoms with E-state index < -0.39 is 5.97 Å². The monoisotopic (exact) mass is 274 g/mol. The number of nitrogens with zero attached hydrogens (tertiary/aromatic N) is 2. The molecule has 0 spiro atoms. The summed E-state index contributed by atoms with van der Waals surface area (Å²) in [5.74, 6) is 0.186. The number of para-hydroxylation sites is 2. The Morgan fingerprint density at radius 1 is 1.50 bits per heavy atom. The Hall–Kier alpha value is -1.88. The molecule has 1 fully saturated rings. The largest absolute Gasteiger partial charge is 0.480 e. The number of imidazole rings is 1. The Balaban J connectivity index is 2.11. The molecule has 0 radical (unpaired) electrons. The van der Waals surface area contributed by atoms with Gasteiger partial charge >= 0.3 is 5.97 Å². The smallest absolute Gasteiger partial charge is 0.323 e.